The fourth-order valence-electron chi connectivity index (χ4n) is 1.90. The number of aliphatic carboxylic acids is 1. The molecular formula is C14H22N2O4S. The van der Waals surface area contributed by atoms with Crippen LogP contribution in [0.2, 0.25) is 0 Å². The first-order valence-electron chi connectivity index (χ1n) is 6.76. The third kappa shape index (κ3) is 4.71. The topological polar surface area (TPSA) is 86.7 Å². The molecule has 1 rings (SSSR count). The van der Waals surface area contributed by atoms with Crippen LogP contribution in [0.25, 0.3) is 0 Å². The lowest BCUT2D eigenvalue weighted by molar-refractivity contribution is -0.138. The molecular weight excluding hydrogens is 292 g/mol. The molecule has 0 saturated carbocycles. The Morgan fingerprint density at radius 3 is 2.48 bits per heavy atom. The molecule has 0 bridgehead atoms. The molecule has 118 valence electrons. The summed E-state index contributed by atoms with van der Waals surface area (Å²) >= 11 is 0. The average Bonchev–Trinajstić information content (AvgIpc) is 2.43. The normalized spacial score (nSPS) is 13.1. The Kier molecular flexibility index (Phi) is 6.17. The highest BCUT2D eigenvalue weighted by atomic mass is 32.2. The van der Waals surface area contributed by atoms with Gasteiger partial charge in [0, 0.05) is 27.1 Å². The molecule has 1 aromatic rings. The number of sulfonamides is 1. The van der Waals surface area contributed by atoms with Gasteiger partial charge in [-0.2, -0.15) is 0 Å². The Labute approximate surface area is 125 Å². The molecule has 0 aliphatic carbocycles. The van der Waals surface area contributed by atoms with Gasteiger partial charge in [0.1, 0.15) is 4.90 Å². The van der Waals surface area contributed by atoms with E-state index in [1.165, 1.54) is 20.2 Å². The number of nitrogens with one attached hydrogen (secondary N) is 1. The van der Waals surface area contributed by atoms with Crippen LogP contribution in [0.3, 0.4) is 0 Å². The SMILES string of the molecule is CCC(CNc1ccccc1S(=O)(=O)N(C)C)CC(=O)O. The van der Waals surface area contributed by atoms with Crippen molar-refractivity contribution in [2.45, 2.75) is 24.7 Å². The third-order valence-corrected chi connectivity index (χ3v) is 5.14. The largest absolute Gasteiger partial charge is 0.481 e. The lowest BCUT2D eigenvalue weighted by Crippen LogP contribution is -2.24. The van der Waals surface area contributed by atoms with E-state index in [1.807, 2.05) is 6.92 Å². The van der Waals surface area contributed by atoms with Gasteiger partial charge in [0.25, 0.3) is 0 Å². The highest BCUT2D eigenvalue weighted by molar-refractivity contribution is 7.89. The van der Waals surface area contributed by atoms with E-state index in [0.717, 1.165) is 4.31 Å². The molecule has 0 radical (unpaired) electrons. The van der Waals surface area contributed by atoms with Crippen molar-refractivity contribution in [1.82, 2.24) is 4.31 Å². The van der Waals surface area contributed by atoms with Gasteiger partial charge in [-0.25, -0.2) is 12.7 Å². The Bertz CT molecular complexity index is 584. The van der Waals surface area contributed by atoms with Gasteiger partial charge < -0.3 is 10.4 Å². The molecule has 21 heavy (non-hydrogen) atoms. The first-order valence-corrected chi connectivity index (χ1v) is 8.20. The monoisotopic (exact) mass is 314 g/mol. The lowest BCUT2D eigenvalue weighted by Gasteiger charge is -2.18. The molecule has 0 spiro atoms. The Morgan fingerprint density at radius 1 is 1.33 bits per heavy atom. The second-order valence-corrected chi connectivity index (χ2v) is 7.16. The maximum atomic E-state index is 12.2. The predicted molar refractivity (Wildman–Crippen MR) is 81.8 cm³/mol. The van der Waals surface area contributed by atoms with Gasteiger partial charge in [0.05, 0.1) is 5.69 Å². The van der Waals surface area contributed by atoms with Gasteiger partial charge in [-0.05, 0) is 18.1 Å². The second kappa shape index (κ2) is 7.42. The van der Waals surface area contributed by atoms with Gasteiger partial charge in [0.2, 0.25) is 10.0 Å². The quantitative estimate of drug-likeness (QED) is 0.764. The number of carbonyl (C=O) groups is 1. The zero-order valence-electron chi connectivity index (χ0n) is 12.5. The van der Waals surface area contributed by atoms with Gasteiger partial charge in [-0.1, -0.05) is 25.5 Å². The van der Waals surface area contributed by atoms with E-state index in [9.17, 15) is 13.2 Å². The van der Waals surface area contributed by atoms with Crippen molar-refractivity contribution in [3.8, 4) is 0 Å². The highest BCUT2D eigenvalue weighted by Crippen LogP contribution is 2.23. The first kappa shape index (κ1) is 17.5. The van der Waals surface area contributed by atoms with E-state index in [2.05, 4.69) is 5.32 Å². The van der Waals surface area contributed by atoms with Crippen LogP contribution in [0.4, 0.5) is 5.69 Å². The third-order valence-electron chi connectivity index (χ3n) is 3.27. The van der Waals surface area contributed by atoms with Crippen molar-refractivity contribution in [3.05, 3.63) is 24.3 Å². The second-order valence-electron chi connectivity index (χ2n) is 5.04. The molecule has 0 heterocycles. The van der Waals surface area contributed by atoms with Crippen LogP contribution < -0.4 is 5.32 Å². The molecule has 6 nitrogen and oxygen atoms in total. The molecule has 0 amide bonds. The number of carboxylic acids is 1. The molecule has 1 unspecified atom stereocenters. The minimum atomic E-state index is -3.53. The van der Waals surface area contributed by atoms with Crippen molar-refractivity contribution >= 4 is 21.7 Å². The molecule has 1 atom stereocenters. The van der Waals surface area contributed by atoms with Crippen molar-refractivity contribution in [3.63, 3.8) is 0 Å². The van der Waals surface area contributed by atoms with E-state index < -0.39 is 16.0 Å². The van der Waals surface area contributed by atoms with E-state index in [1.54, 1.807) is 18.2 Å². The summed E-state index contributed by atoms with van der Waals surface area (Å²) in [6.45, 7) is 2.33. The van der Waals surface area contributed by atoms with Gasteiger partial charge >= 0.3 is 5.97 Å². The van der Waals surface area contributed by atoms with Crippen LogP contribution in [0.15, 0.2) is 29.2 Å². The van der Waals surface area contributed by atoms with Gasteiger partial charge in [-0.15, -0.1) is 0 Å². The van der Waals surface area contributed by atoms with Crippen molar-refractivity contribution in [2.75, 3.05) is 26.0 Å². The number of hydrogen-bond donors (Lipinski definition) is 2. The minimum absolute atomic E-state index is 0.0439. The minimum Gasteiger partial charge on any atom is -0.481 e. The van der Waals surface area contributed by atoms with Gasteiger partial charge in [-0.3, -0.25) is 4.79 Å². The smallest absolute Gasteiger partial charge is 0.303 e. The zero-order valence-corrected chi connectivity index (χ0v) is 13.4. The molecule has 0 aromatic heterocycles. The summed E-state index contributed by atoms with van der Waals surface area (Å²) in [4.78, 5) is 11.0. The fraction of sp³-hybridized carbons (Fsp3) is 0.500. The van der Waals surface area contributed by atoms with E-state index in [4.69, 9.17) is 5.11 Å². The van der Waals surface area contributed by atoms with Crippen LogP contribution in [-0.4, -0.2) is 44.4 Å². The molecule has 0 fully saturated rings. The summed E-state index contributed by atoms with van der Waals surface area (Å²) in [7, 11) is -0.576. The Morgan fingerprint density at radius 2 is 1.95 bits per heavy atom. The molecule has 0 aliphatic heterocycles. The average molecular weight is 314 g/mol. The zero-order chi connectivity index (χ0) is 16.0. The number of benzene rings is 1. The fourth-order valence-corrected chi connectivity index (χ4v) is 2.96. The highest BCUT2D eigenvalue weighted by Gasteiger charge is 2.21. The summed E-state index contributed by atoms with van der Waals surface area (Å²) in [6, 6.07) is 6.63. The molecule has 0 aliphatic rings. The van der Waals surface area contributed by atoms with Crippen LogP contribution in [-0.2, 0) is 14.8 Å². The summed E-state index contributed by atoms with van der Waals surface area (Å²) in [6.07, 6.45) is 0.772. The number of para-hydroxylation sites is 1. The number of nitrogens with zero attached hydrogens (tertiary/aromatic N) is 1. The molecule has 1 aromatic carbocycles. The Balaban J connectivity index is 2.93. The van der Waals surface area contributed by atoms with Crippen molar-refractivity contribution in [1.29, 1.82) is 0 Å². The van der Waals surface area contributed by atoms with Crippen LogP contribution >= 0.6 is 0 Å². The molecule has 2 N–H and O–H groups in total. The first-order chi connectivity index (χ1) is 9.78. The Hall–Kier alpha value is -1.60. The summed E-state index contributed by atoms with van der Waals surface area (Å²) in [5.74, 6) is -0.893. The number of anilines is 1. The van der Waals surface area contributed by atoms with E-state index in [-0.39, 0.29) is 17.2 Å². The summed E-state index contributed by atoms with van der Waals surface area (Å²) in [5.41, 5.74) is 0.495. The molecule has 7 heteroatoms. The van der Waals surface area contributed by atoms with Crippen LogP contribution in [0.1, 0.15) is 19.8 Å². The van der Waals surface area contributed by atoms with Crippen molar-refractivity contribution < 1.29 is 18.3 Å². The van der Waals surface area contributed by atoms with E-state index >= 15 is 0 Å². The summed E-state index contributed by atoms with van der Waals surface area (Å²) < 4.78 is 25.6. The summed E-state index contributed by atoms with van der Waals surface area (Å²) in [5, 5.41) is 11.9. The van der Waals surface area contributed by atoms with Crippen LogP contribution in [0.5, 0.6) is 0 Å². The number of carboxylic acid groups (broad SMARTS) is 1. The molecule has 0 saturated heterocycles. The van der Waals surface area contributed by atoms with Crippen molar-refractivity contribution in [2.24, 2.45) is 5.92 Å². The van der Waals surface area contributed by atoms with Crippen LogP contribution in [0, 0.1) is 5.92 Å². The standard InChI is InChI=1S/C14H22N2O4S/c1-4-11(9-14(17)18)10-15-12-7-5-6-8-13(12)21(19,20)16(2)3/h5-8,11,15H,4,9-10H2,1-3H3,(H,17,18). The predicted octanol–water partition coefficient (Wildman–Crippen LogP) is 1.85. The number of hydrogen-bond acceptors (Lipinski definition) is 4. The van der Waals surface area contributed by atoms with E-state index in [0.29, 0.717) is 18.7 Å². The maximum Gasteiger partial charge on any atom is 0.303 e. The maximum absolute atomic E-state index is 12.2. The number of rotatable bonds is 8. The lowest BCUT2D eigenvalue weighted by atomic mass is 10.0. The van der Waals surface area contributed by atoms with Gasteiger partial charge in [0.15, 0.2) is 0 Å².